The van der Waals surface area contributed by atoms with Gasteiger partial charge in [-0.1, -0.05) is 48.0 Å². The second-order valence-electron chi connectivity index (χ2n) is 6.27. The van der Waals surface area contributed by atoms with Crippen molar-refractivity contribution in [3.8, 4) is 0 Å². The SMILES string of the molecule is O=C(Nc1ccccc1Cl)c1cc(N2CCc3ccccc3C2)ccn1. The number of anilines is 2. The Balaban J connectivity index is 1.54. The average molecular weight is 364 g/mol. The first-order valence-electron chi connectivity index (χ1n) is 8.54. The van der Waals surface area contributed by atoms with Gasteiger partial charge in [-0.3, -0.25) is 9.78 Å². The van der Waals surface area contributed by atoms with Crippen molar-refractivity contribution < 1.29 is 4.79 Å². The first-order valence-corrected chi connectivity index (χ1v) is 8.92. The molecule has 0 spiro atoms. The third-order valence-corrected chi connectivity index (χ3v) is 4.92. The second kappa shape index (κ2) is 7.18. The summed E-state index contributed by atoms with van der Waals surface area (Å²) >= 11 is 6.11. The van der Waals surface area contributed by atoms with Crippen LogP contribution in [0.3, 0.4) is 0 Å². The number of amides is 1. The Morgan fingerprint density at radius 3 is 2.65 bits per heavy atom. The third-order valence-electron chi connectivity index (χ3n) is 4.59. The molecule has 5 heteroatoms. The van der Waals surface area contributed by atoms with Gasteiger partial charge in [-0.2, -0.15) is 0 Å². The second-order valence-corrected chi connectivity index (χ2v) is 6.68. The number of nitrogens with zero attached hydrogens (tertiary/aromatic N) is 2. The number of hydrogen-bond donors (Lipinski definition) is 1. The smallest absolute Gasteiger partial charge is 0.274 e. The van der Waals surface area contributed by atoms with Gasteiger partial charge in [-0.05, 0) is 41.8 Å². The summed E-state index contributed by atoms with van der Waals surface area (Å²) in [5.41, 5.74) is 4.69. The largest absolute Gasteiger partial charge is 0.367 e. The quantitative estimate of drug-likeness (QED) is 0.742. The number of hydrogen-bond acceptors (Lipinski definition) is 3. The molecule has 0 unspecified atom stereocenters. The minimum absolute atomic E-state index is 0.266. The van der Waals surface area contributed by atoms with Crippen molar-refractivity contribution in [2.45, 2.75) is 13.0 Å². The Hall–Kier alpha value is -2.85. The van der Waals surface area contributed by atoms with Gasteiger partial charge < -0.3 is 10.2 Å². The first kappa shape index (κ1) is 16.6. The molecule has 0 bridgehead atoms. The van der Waals surface area contributed by atoms with Crippen LogP contribution < -0.4 is 10.2 Å². The van der Waals surface area contributed by atoms with E-state index in [1.54, 1.807) is 18.3 Å². The van der Waals surface area contributed by atoms with Gasteiger partial charge in [0.1, 0.15) is 5.69 Å². The Bertz CT molecular complexity index is 957. The summed E-state index contributed by atoms with van der Waals surface area (Å²) in [7, 11) is 0. The van der Waals surface area contributed by atoms with E-state index in [-0.39, 0.29) is 5.91 Å². The maximum atomic E-state index is 12.5. The lowest BCUT2D eigenvalue weighted by atomic mass is 9.99. The molecule has 1 aliphatic heterocycles. The van der Waals surface area contributed by atoms with Gasteiger partial charge in [0.2, 0.25) is 0 Å². The summed E-state index contributed by atoms with van der Waals surface area (Å²) in [6.45, 7) is 1.76. The molecular formula is C21H18ClN3O. The fraction of sp³-hybridized carbons (Fsp3) is 0.143. The van der Waals surface area contributed by atoms with E-state index in [0.29, 0.717) is 16.4 Å². The molecule has 0 radical (unpaired) electrons. The van der Waals surface area contributed by atoms with Crippen LogP contribution in [0.2, 0.25) is 5.02 Å². The Morgan fingerprint density at radius 2 is 1.81 bits per heavy atom. The fourth-order valence-electron chi connectivity index (χ4n) is 3.21. The highest BCUT2D eigenvalue weighted by atomic mass is 35.5. The zero-order valence-electron chi connectivity index (χ0n) is 14.2. The zero-order chi connectivity index (χ0) is 17.9. The number of para-hydroxylation sites is 1. The maximum Gasteiger partial charge on any atom is 0.274 e. The monoisotopic (exact) mass is 363 g/mol. The van der Waals surface area contributed by atoms with Crippen molar-refractivity contribution in [3.63, 3.8) is 0 Å². The predicted octanol–water partition coefficient (Wildman–Crippen LogP) is 4.55. The van der Waals surface area contributed by atoms with Gasteiger partial charge >= 0.3 is 0 Å². The molecule has 130 valence electrons. The lowest BCUT2D eigenvalue weighted by molar-refractivity contribution is 0.102. The van der Waals surface area contributed by atoms with Gasteiger partial charge in [0, 0.05) is 25.0 Å². The Labute approximate surface area is 157 Å². The fourth-order valence-corrected chi connectivity index (χ4v) is 3.39. The molecule has 26 heavy (non-hydrogen) atoms. The Kier molecular flexibility index (Phi) is 4.59. The summed E-state index contributed by atoms with van der Waals surface area (Å²) in [5, 5.41) is 3.32. The Morgan fingerprint density at radius 1 is 1.04 bits per heavy atom. The lowest BCUT2D eigenvalue weighted by Crippen LogP contribution is -2.30. The van der Waals surface area contributed by atoms with E-state index in [9.17, 15) is 4.79 Å². The van der Waals surface area contributed by atoms with Crippen molar-refractivity contribution in [1.29, 1.82) is 0 Å². The van der Waals surface area contributed by atoms with Crippen LogP contribution in [0.1, 0.15) is 21.6 Å². The van der Waals surface area contributed by atoms with Crippen LogP contribution in [-0.2, 0) is 13.0 Å². The van der Waals surface area contributed by atoms with Gasteiger partial charge in [0.05, 0.1) is 10.7 Å². The van der Waals surface area contributed by atoms with E-state index >= 15 is 0 Å². The van der Waals surface area contributed by atoms with E-state index in [0.717, 1.165) is 25.2 Å². The van der Waals surface area contributed by atoms with E-state index in [1.807, 2.05) is 24.3 Å². The third kappa shape index (κ3) is 3.41. The number of pyridine rings is 1. The van der Waals surface area contributed by atoms with Crippen LogP contribution >= 0.6 is 11.6 Å². The number of nitrogens with one attached hydrogen (secondary N) is 1. The summed E-state index contributed by atoms with van der Waals surface area (Å²) in [6.07, 6.45) is 2.68. The maximum absolute atomic E-state index is 12.5. The molecule has 2 heterocycles. The number of benzene rings is 2. The number of halogens is 1. The zero-order valence-corrected chi connectivity index (χ0v) is 14.9. The van der Waals surface area contributed by atoms with Gasteiger partial charge in [0.25, 0.3) is 5.91 Å². The number of aromatic nitrogens is 1. The molecular weight excluding hydrogens is 346 g/mol. The van der Waals surface area contributed by atoms with Crippen LogP contribution in [-0.4, -0.2) is 17.4 Å². The van der Waals surface area contributed by atoms with E-state index in [1.165, 1.54) is 11.1 Å². The van der Waals surface area contributed by atoms with Crippen LogP contribution in [0.25, 0.3) is 0 Å². The van der Waals surface area contributed by atoms with E-state index in [2.05, 4.69) is 39.5 Å². The highest BCUT2D eigenvalue weighted by Crippen LogP contribution is 2.25. The van der Waals surface area contributed by atoms with Crippen molar-refractivity contribution >= 4 is 28.9 Å². The molecule has 1 N–H and O–H groups in total. The molecule has 4 rings (SSSR count). The first-order chi connectivity index (χ1) is 12.7. The summed E-state index contributed by atoms with van der Waals surface area (Å²) in [4.78, 5) is 19.0. The van der Waals surface area contributed by atoms with Crippen LogP contribution in [0.5, 0.6) is 0 Å². The van der Waals surface area contributed by atoms with E-state index in [4.69, 9.17) is 11.6 Å². The summed E-state index contributed by atoms with van der Waals surface area (Å²) in [6, 6.07) is 19.4. The minimum atomic E-state index is -0.266. The number of fused-ring (bicyclic) bond motifs is 1. The molecule has 0 fully saturated rings. The molecule has 3 aromatic rings. The highest BCUT2D eigenvalue weighted by Gasteiger charge is 2.18. The average Bonchev–Trinajstić information content (AvgIpc) is 2.69. The van der Waals surface area contributed by atoms with Crippen molar-refractivity contribution in [2.75, 3.05) is 16.8 Å². The standard InChI is InChI=1S/C21H18ClN3O/c22-18-7-3-4-8-19(18)24-21(26)20-13-17(9-11-23-20)25-12-10-15-5-1-2-6-16(15)14-25/h1-9,11,13H,10,12,14H2,(H,24,26). The topological polar surface area (TPSA) is 45.2 Å². The molecule has 0 aliphatic carbocycles. The van der Waals surface area contributed by atoms with Gasteiger partial charge in [-0.15, -0.1) is 0 Å². The molecule has 2 aromatic carbocycles. The summed E-state index contributed by atoms with van der Waals surface area (Å²) < 4.78 is 0. The molecule has 1 aromatic heterocycles. The molecule has 4 nitrogen and oxygen atoms in total. The van der Waals surface area contributed by atoms with Crippen molar-refractivity contribution in [2.24, 2.45) is 0 Å². The number of carbonyl (C=O) groups is 1. The highest BCUT2D eigenvalue weighted by molar-refractivity contribution is 6.33. The van der Waals surface area contributed by atoms with Crippen LogP contribution in [0.4, 0.5) is 11.4 Å². The normalized spacial score (nSPS) is 13.2. The van der Waals surface area contributed by atoms with Crippen molar-refractivity contribution in [1.82, 2.24) is 4.98 Å². The molecule has 0 atom stereocenters. The molecule has 1 amide bonds. The molecule has 0 saturated carbocycles. The predicted molar refractivity (Wildman–Crippen MR) is 105 cm³/mol. The van der Waals surface area contributed by atoms with E-state index < -0.39 is 0 Å². The summed E-state index contributed by atoms with van der Waals surface area (Å²) in [5.74, 6) is -0.266. The number of carbonyl (C=O) groups excluding carboxylic acids is 1. The van der Waals surface area contributed by atoms with Crippen LogP contribution in [0.15, 0.2) is 66.9 Å². The number of rotatable bonds is 3. The van der Waals surface area contributed by atoms with Crippen molar-refractivity contribution in [3.05, 3.63) is 88.7 Å². The molecule has 1 aliphatic rings. The van der Waals surface area contributed by atoms with Gasteiger partial charge in [-0.25, -0.2) is 0 Å². The molecule has 0 saturated heterocycles. The lowest BCUT2D eigenvalue weighted by Gasteiger charge is -2.30. The van der Waals surface area contributed by atoms with Gasteiger partial charge in [0.15, 0.2) is 0 Å². The minimum Gasteiger partial charge on any atom is -0.367 e. The van der Waals surface area contributed by atoms with Crippen LogP contribution in [0, 0.1) is 0 Å².